The minimum atomic E-state index is 0. The van der Waals surface area contributed by atoms with Crippen molar-refractivity contribution in [2.45, 2.75) is 84.5 Å². The summed E-state index contributed by atoms with van der Waals surface area (Å²) in [5, 5.41) is 0. The van der Waals surface area contributed by atoms with Gasteiger partial charge >= 0.3 is 23.1 Å². The Kier molecular flexibility index (Phi) is 19.9. The Morgan fingerprint density at radius 3 is 0.857 bits per heavy atom. The van der Waals surface area contributed by atoms with E-state index in [1.165, 1.54) is 70.6 Å². The van der Waals surface area contributed by atoms with Crippen LogP contribution in [0, 0.1) is 0 Å². The van der Waals surface area contributed by atoms with Gasteiger partial charge in [0.25, 0.3) is 0 Å². The van der Waals surface area contributed by atoms with E-state index in [-0.39, 0.29) is 23.1 Å². The maximum atomic E-state index is 2.28. The smallest absolute Gasteiger partial charge is 0.0654 e. The molecule has 0 fully saturated rings. The van der Waals surface area contributed by atoms with Gasteiger partial charge in [-0.2, -0.15) is 0 Å². The number of hydrogen-bond donors (Lipinski definition) is 0. The Morgan fingerprint density at radius 2 is 0.643 bits per heavy atom. The third-order valence-corrected chi connectivity index (χ3v) is 2.71. The molecule has 0 rings (SSSR count). The van der Waals surface area contributed by atoms with Crippen LogP contribution in [0.25, 0.3) is 0 Å². The largest absolute Gasteiger partial charge is 0.316 e. The predicted octanol–water partition coefficient (Wildman–Crippen LogP) is 4.40. The van der Waals surface area contributed by atoms with Gasteiger partial charge in [0.1, 0.15) is 0 Å². The van der Waals surface area contributed by atoms with Crippen LogP contribution < -0.4 is 0 Å². The second-order valence-electron chi connectivity index (χ2n) is 4.18. The van der Waals surface area contributed by atoms with Gasteiger partial charge in [-0.1, -0.05) is 84.5 Å². The lowest BCUT2D eigenvalue weighted by Crippen LogP contribution is -1.80. The molecule has 0 nitrogen and oxygen atoms in total. The minimum Gasteiger partial charge on any atom is -0.0654 e. The lowest BCUT2D eigenvalue weighted by atomic mass is 10.1. The number of rotatable bonds is 10. The monoisotopic (exact) mass is 210 g/mol. The Morgan fingerprint density at radius 1 is 0.429 bits per heavy atom. The first-order chi connectivity index (χ1) is 6.41. The van der Waals surface area contributed by atoms with Crippen LogP contribution in [0.2, 0.25) is 0 Å². The molecule has 0 saturated carbocycles. The molecule has 84 valence electrons. The molecule has 1 heteroatoms. The first-order valence-electron chi connectivity index (χ1n) is 6.41. The Hall–Kier alpha value is 0.766. The molecule has 0 saturated heterocycles. The van der Waals surface area contributed by atoms with Gasteiger partial charge in [0, 0.05) is 0 Å². The molecular formula is C13H30Mg. The van der Waals surface area contributed by atoms with Crippen LogP contribution in [-0.2, 0) is 0 Å². The van der Waals surface area contributed by atoms with E-state index < -0.39 is 0 Å². The normalized spacial score (nSPS) is 9.86. The third-order valence-electron chi connectivity index (χ3n) is 2.71. The molecule has 0 aliphatic carbocycles. The zero-order chi connectivity index (χ0) is 9.78. The van der Waals surface area contributed by atoms with Crippen molar-refractivity contribution in [3.63, 3.8) is 0 Å². The highest BCUT2D eigenvalue weighted by Gasteiger charge is 1.90. The molecule has 0 aromatic carbocycles. The van der Waals surface area contributed by atoms with Crippen LogP contribution in [0.5, 0.6) is 0 Å². The second-order valence-corrected chi connectivity index (χ2v) is 4.18. The van der Waals surface area contributed by atoms with E-state index >= 15 is 0 Å². The van der Waals surface area contributed by atoms with E-state index in [9.17, 15) is 0 Å². The van der Waals surface area contributed by atoms with Crippen LogP contribution in [0.15, 0.2) is 0 Å². The molecule has 0 atom stereocenters. The fraction of sp³-hybridized carbons (Fsp3) is 1.00. The van der Waals surface area contributed by atoms with E-state index in [1.54, 1.807) is 0 Å². The average Bonchev–Trinajstić information content (AvgIpc) is 2.16. The molecule has 0 N–H and O–H groups in total. The molecular weight excluding hydrogens is 180 g/mol. The minimum absolute atomic E-state index is 0. The summed E-state index contributed by atoms with van der Waals surface area (Å²) < 4.78 is 0. The SMILES string of the molecule is CCCCCCCCCCCCC.[MgH2]. The van der Waals surface area contributed by atoms with Crippen molar-refractivity contribution in [1.29, 1.82) is 0 Å². The summed E-state index contributed by atoms with van der Waals surface area (Å²) >= 11 is 0. The van der Waals surface area contributed by atoms with E-state index in [2.05, 4.69) is 13.8 Å². The summed E-state index contributed by atoms with van der Waals surface area (Å²) in [5.74, 6) is 0. The predicted molar refractivity (Wildman–Crippen MR) is 70.7 cm³/mol. The molecule has 0 aromatic rings. The highest BCUT2D eigenvalue weighted by Crippen LogP contribution is 2.10. The molecule has 0 bridgehead atoms. The summed E-state index contributed by atoms with van der Waals surface area (Å²) in [5.41, 5.74) is 0. The van der Waals surface area contributed by atoms with Crippen LogP contribution >= 0.6 is 0 Å². The second kappa shape index (κ2) is 16.2. The zero-order valence-electron chi connectivity index (χ0n) is 9.78. The fourth-order valence-corrected chi connectivity index (χ4v) is 1.74. The third kappa shape index (κ3) is 15.2. The maximum absolute atomic E-state index is 2.28. The van der Waals surface area contributed by atoms with Crippen LogP contribution in [0.4, 0.5) is 0 Å². The van der Waals surface area contributed by atoms with Gasteiger partial charge in [-0.15, -0.1) is 0 Å². The topological polar surface area (TPSA) is 0 Å². The van der Waals surface area contributed by atoms with Crippen molar-refractivity contribution >= 4 is 23.1 Å². The van der Waals surface area contributed by atoms with Gasteiger partial charge in [-0.05, 0) is 0 Å². The summed E-state index contributed by atoms with van der Waals surface area (Å²) in [6.45, 7) is 4.56. The Balaban J connectivity index is 0. The van der Waals surface area contributed by atoms with Crippen LogP contribution in [0.1, 0.15) is 84.5 Å². The van der Waals surface area contributed by atoms with E-state index in [1.807, 2.05) is 0 Å². The quantitative estimate of drug-likeness (QED) is 0.370. The lowest BCUT2D eigenvalue weighted by molar-refractivity contribution is 0.554. The summed E-state index contributed by atoms with van der Waals surface area (Å²) in [4.78, 5) is 0. The zero-order valence-corrected chi connectivity index (χ0v) is 9.78. The van der Waals surface area contributed by atoms with Crippen molar-refractivity contribution < 1.29 is 0 Å². The Labute approximate surface area is 107 Å². The molecule has 0 aliphatic heterocycles. The van der Waals surface area contributed by atoms with E-state index in [0.29, 0.717) is 0 Å². The molecule has 0 radical (unpaired) electrons. The van der Waals surface area contributed by atoms with E-state index in [0.717, 1.165) is 0 Å². The van der Waals surface area contributed by atoms with Crippen molar-refractivity contribution in [2.24, 2.45) is 0 Å². The molecule has 0 aromatic heterocycles. The van der Waals surface area contributed by atoms with Crippen molar-refractivity contribution in [1.82, 2.24) is 0 Å². The van der Waals surface area contributed by atoms with Gasteiger partial charge in [0.15, 0.2) is 0 Å². The standard InChI is InChI=1S/C13H28.Mg.2H/c1-3-5-7-9-11-13-12-10-8-6-4-2;;;/h3-13H2,1-2H3;;;. The highest BCUT2D eigenvalue weighted by molar-refractivity contribution is 5.75. The average molecular weight is 211 g/mol. The number of hydrogen-bond acceptors (Lipinski definition) is 0. The fourth-order valence-electron chi connectivity index (χ4n) is 1.74. The van der Waals surface area contributed by atoms with Gasteiger partial charge < -0.3 is 0 Å². The summed E-state index contributed by atoms with van der Waals surface area (Å²) in [7, 11) is 0. The maximum Gasteiger partial charge on any atom is 0.316 e. The van der Waals surface area contributed by atoms with Crippen molar-refractivity contribution in [2.75, 3.05) is 0 Å². The molecule has 14 heavy (non-hydrogen) atoms. The number of unbranched alkanes of at least 4 members (excludes halogenated alkanes) is 10. The molecule has 0 spiro atoms. The Bertz CT molecular complexity index is 71.3. The summed E-state index contributed by atoms with van der Waals surface area (Å²) in [6.07, 6.45) is 15.9. The van der Waals surface area contributed by atoms with Gasteiger partial charge in [0.2, 0.25) is 0 Å². The van der Waals surface area contributed by atoms with Gasteiger partial charge in [-0.3, -0.25) is 0 Å². The molecule has 0 aliphatic rings. The summed E-state index contributed by atoms with van der Waals surface area (Å²) in [6, 6.07) is 0. The van der Waals surface area contributed by atoms with Gasteiger partial charge in [-0.25, -0.2) is 0 Å². The van der Waals surface area contributed by atoms with Crippen LogP contribution in [0.3, 0.4) is 0 Å². The lowest BCUT2D eigenvalue weighted by Gasteiger charge is -2.00. The molecule has 0 amide bonds. The van der Waals surface area contributed by atoms with Crippen LogP contribution in [-0.4, -0.2) is 23.1 Å². The molecule has 0 heterocycles. The van der Waals surface area contributed by atoms with E-state index in [4.69, 9.17) is 0 Å². The highest BCUT2D eigenvalue weighted by atomic mass is 24.3. The van der Waals surface area contributed by atoms with Crippen molar-refractivity contribution in [3.05, 3.63) is 0 Å². The molecule has 0 unspecified atom stereocenters. The first-order valence-corrected chi connectivity index (χ1v) is 6.41. The van der Waals surface area contributed by atoms with Gasteiger partial charge in [0.05, 0.1) is 0 Å². The van der Waals surface area contributed by atoms with Crippen molar-refractivity contribution in [3.8, 4) is 0 Å². The first kappa shape index (κ1) is 17.2.